The topological polar surface area (TPSA) is 115 Å². The molecule has 2 aromatic heterocycles. The number of alkyl halides is 1. The van der Waals surface area contributed by atoms with E-state index in [4.69, 9.17) is 4.42 Å². The monoisotopic (exact) mass is 638 g/mol. The molecule has 0 radical (unpaired) electrons. The van der Waals surface area contributed by atoms with Crippen LogP contribution in [-0.4, -0.2) is 9.55 Å². The lowest BCUT2D eigenvalue weighted by Gasteiger charge is -2.08. The molecule has 0 saturated carbocycles. The second-order valence-electron chi connectivity index (χ2n) is 8.49. The molecule has 0 fully saturated rings. The van der Waals surface area contributed by atoms with Crippen LogP contribution in [0.4, 0.5) is 8.78 Å². The molecule has 0 aliphatic heterocycles. The first kappa shape index (κ1) is 31.6. The van der Waals surface area contributed by atoms with E-state index in [0.717, 1.165) is 16.5 Å². The lowest BCUT2D eigenvalue weighted by atomic mass is 10.2. The van der Waals surface area contributed by atoms with Gasteiger partial charge in [-0.15, -0.1) is 0 Å². The van der Waals surface area contributed by atoms with Gasteiger partial charge in [-0.1, -0.05) is 71.9 Å². The van der Waals surface area contributed by atoms with Crippen LogP contribution in [-0.2, 0) is 11.9 Å². The van der Waals surface area contributed by atoms with Crippen molar-refractivity contribution in [2.75, 3.05) is 0 Å². The van der Waals surface area contributed by atoms with Gasteiger partial charge in [0.2, 0.25) is 0 Å². The molecule has 8 nitrogen and oxygen atoms in total. The number of aromatic nitrogens is 2. The van der Waals surface area contributed by atoms with Crippen molar-refractivity contribution in [2.24, 2.45) is 0 Å². The molecule has 42 heavy (non-hydrogen) atoms. The van der Waals surface area contributed by atoms with Gasteiger partial charge in [0, 0.05) is 5.33 Å². The molecule has 0 aliphatic carbocycles. The van der Waals surface area contributed by atoms with Gasteiger partial charge in [-0.05, 0) is 59.7 Å². The first-order chi connectivity index (χ1) is 19.7. The highest BCUT2D eigenvalue weighted by atomic mass is 79.9. The van der Waals surface area contributed by atoms with Crippen LogP contribution in [0.2, 0.25) is 0 Å². The van der Waals surface area contributed by atoms with E-state index < -0.39 is 22.8 Å². The maximum absolute atomic E-state index is 12.9. The zero-order valence-corrected chi connectivity index (χ0v) is 22.8. The van der Waals surface area contributed by atoms with Crippen LogP contribution in [0.15, 0.2) is 125 Å². The summed E-state index contributed by atoms with van der Waals surface area (Å²) in [6, 6.07) is 25.6. The summed E-state index contributed by atoms with van der Waals surface area (Å²) < 4.78 is 35.5. The first-order valence-electron chi connectivity index (χ1n) is 12.0. The Labute approximate surface area is 245 Å². The Kier molecular flexibility index (Phi) is 11.0. The van der Waals surface area contributed by atoms with Crippen LogP contribution < -0.4 is 22.8 Å². The minimum atomic E-state index is -0.724. The number of nitrogens with one attached hydrogen (secondary N) is 1. The van der Waals surface area contributed by atoms with E-state index in [2.05, 4.69) is 25.3 Å². The molecule has 11 heteroatoms. The van der Waals surface area contributed by atoms with Gasteiger partial charge in [0.25, 0.3) is 0 Å². The minimum Gasteiger partial charge on any atom is -0.372 e. The molecular formula is C31H25BrF2N2O6. The smallest absolute Gasteiger partial charge is 0.372 e. The molecule has 6 aromatic rings. The summed E-state index contributed by atoms with van der Waals surface area (Å²) in [6.07, 6.45) is 0. The summed E-state index contributed by atoms with van der Waals surface area (Å²) in [6.45, 7) is 0.212. The van der Waals surface area contributed by atoms with Crippen molar-refractivity contribution >= 4 is 37.7 Å². The second kappa shape index (κ2) is 14.6. The molecule has 216 valence electrons. The van der Waals surface area contributed by atoms with E-state index in [-0.39, 0.29) is 25.6 Å². The number of H-pyrrole nitrogens is 1. The average Bonchev–Trinajstić information content (AvgIpc) is 2.97. The van der Waals surface area contributed by atoms with E-state index in [0.29, 0.717) is 21.8 Å². The minimum absolute atomic E-state index is 0. The quantitative estimate of drug-likeness (QED) is 0.238. The van der Waals surface area contributed by atoms with E-state index in [9.17, 15) is 28.0 Å². The van der Waals surface area contributed by atoms with Gasteiger partial charge < -0.3 is 8.83 Å². The van der Waals surface area contributed by atoms with Crippen LogP contribution in [0.5, 0.6) is 0 Å². The number of para-hydroxylation sites is 2. The number of halogens is 3. The third-order valence-electron chi connectivity index (χ3n) is 5.71. The summed E-state index contributed by atoms with van der Waals surface area (Å²) in [7, 11) is 0. The van der Waals surface area contributed by atoms with Gasteiger partial charge in [0.1, 0.15) is 11.6 Å². The predicted molar refractivity (Wildman–Crippen MR) is 161 cm³/mol. The Morgan fingerprint density at radius 2 is 1.19 bits per heavy atom. The van der Waals surface area contributed by atoms with Crippen molar-refractivity contribution in [2.45, 2.75) is 19.3 Å². The van der Waals surface area contributed by atoms with Crippen molar-refractivity contribution in [3.8, 4) is 0 Å². The summed E-state index contributed by atoms with van der Waals surface area (Å²) in [5, 5.41) is 1.51. The van der Waals surface area contributed by atoms with Crippen molar-refractivity contribution in [3.63, 3.8) is 0 Å². The van der Waals surface area contributed by atoms with Crippen molar-refractivity contribution in [1.82, 2.24) is 9.55 Å². The Morgan fingerprint density at radius 3 is 1.81 bits per heavy atom. The van der Waals surface area contributed by atoms with E-state index in [1.54, 1.807) is 72.8 Å². The molecule has 0 atom stereocenters. The molecule has 0 spiro atoms. The Balaban J connectivity index is 0.000000188. The number of hydrogen-bond donors (Lipinski definition) is 1. The first-order valence-corrected chi connectivity index (χ1v) is 13.2. The molecule has 1 N–H and O–H groups in total. The number of rotatable bonds is 3. The maximum atomic E-state index is 12.9. The van der Waals surface area contributed by atoms with Crippen LogP contribution in [0.3, 0.4) is 0 Å². The Bertz CT molecular complexity index is 2010. The largest absolute Gasteiger partial charge is 0.422 e. The molecule has 4 aromatic carbocycles. The third kappa shape index (κ3) is 8.07. The van der Waals surface area contributed by atoms with Crippen LogP contribution >= 0.6 is 15.9 Å². The van der Waals surface area contributed by atoms with Crippen LogP contribution in [0.25, 0.3) is 21.8 Å². The molecule has 0 amide bonds. The highest BCUT2D eigenvalue weighted by molar-refractivity contribution is 9.08. The van der Waals surface area contributed by atoms with Crippen LogP contribution in [0.1, 0.15) is 18.6 Å². The average molecular weight is 639 g/mol. The lowest BCUT2D eigenvalue weighted by Crippen LogP contribution is -2.25. The second-order valence-corrected chi connectivity index (χ2v) is 9.05. The van der Waals surface area contributed by atoms with Crippen molar-refractivity contribution in [3.05, 3.63) is 162 Å². The number of fused-ring (bicyclic) bond motifs is 2. The normalized spacial score (nSPS) is 10.2. The van der Waals surface area contributed by atoms with Gasteiger partial charge in [0.15, 0.2) is 0 Å². The molecule has 0 saturated heterocycles. The van der Waals surface area contributed by atoms with Crippen molar-refractivity contribution in [1.29, 1.82) is 0 Å². The number of benzene rings is 4. The summed E-state index contributed by atoms with van der Waals surface area (Å²) in [5.41, 5.74) is 1.58. The highest BCUT2D eigenvalue weighted by Crippen LogP contribution is 2.11. The van der Waals surface area contributed by atoms with E-state index in [1.807, 2.05) is 0 Å². The van der Waals surface area contributed by atoms with E-state index in [1.165, 1.54) is 28.8 Å². The fraction of sp³-hybridized carbons (Fsp3) is 0.0968. The maximum Gasteiger partial charge on any atom is 0.422 e. The molecule has 0 aliphatic rings. The summed E-state index contributed by atoms with van der Waals surface area (Å²) in [4.78, 5) is 47.6. The standard InChI is InChI=1S/C15H10FNO3.C8H5NO3.C7H6BrF.CH4/c16-11-7-5-10(6-8-11)9-17-13-4-2-1-3-12(13)14(18)20-15(17)19;10-7-5-3-1-2-4-6(5)9-8(11)12-7;8-5-6-1-3-7(9)4-2-6;/h1-8H,9H2;1-4H,(H,9,11);1-4H,5H2;1H4. The van der Waals surface area contributed by atoms with Gasteiger partial charge in [-0.25, -0.2) is 28.0 Å². The van der Waals surface area contributed by atoms with E-state index >= 15 is 0 Å². The lowest BCUT2D eigenvalue weighted by molar-refractivity contribution is 0.425. The zero-order valence-electron chi connectivity index (χ0n) is 21.2. The fourth-order valence-electron chi connectivity index (χ4n) is 3.71. The number of nitrogens with zero attached hydrogens (tertiary/aromatic N) is 1. The van der Waals surface area contributed by atoms with Crippen molar-refractivity contribution < 1.29 is 17.6 Å². The highest BCUT2D eigenvalue weighted by Gasteiger charge is 2.09. The molecule has 6 rings (SSSR count). The SMILES string of the molecule is C.Fc1ccc(CBr)cc1.O=c1[nH]c2ccccc2c(=O)o1.O=c1oc(=O)n(Cc2ccc(F)cc2)c2ccccc12. The van der Waals surface area contributed by atoms with Gasteiger partial charge in [-0.3, -0.25) is 9.55 Å². The molecular weight excluding hydrogens is 614 g/mol. The number of hydrogen-bond acceptors (Lipinski definition) is 6. The molecule has 2 heterocycles. The summed E-state index contributed by atoms with van der Waals surface area (Å²) in [5.74, 6) is -1.97. The summed E-state index contributed by atoms with van der Waals surface area (Å²) >= 11 is 3.26. The Hall–Kier alpha value is -4.90. The fourth-order valence-corrected chi connectivity index (χ4v) is 4.08. The van der Waals surface area contributed by atoms with Gasteiger partial charge in [0.05, 0.1) is 28.4 Å². The zero-order chi connectivity index (χ0) is 29.4. The number of aromatic amines is 1. The third-order valence-corrected chi connectivity index (χ3v) is 6.35. The molecule has 0 bridgehead atoms. The van der Waals surface area contributed by atoms with Gasteiger partial charge in [-0.2, -0.15) is 0 Å². The molecule has 0 unspecified atom stereocenters. The van der Waals surface area contributed by atoms with Gasteiger partial charge >= 0.3 is 22.8 Å². The van der Waals surface area contributed by atoms with Crippen LogP contribution in [0, 0.1) is 11.6 Å². The Morgan fingerprint density at radius 1 is 0.667 bits per heavy atom. The predicted octanol–water partition coefficient (Wildman–Crippen LogP) is 5.98.